The van der Waals surface area contributed by atoms with E-state index in [4.69, 9.17) is 5.11 Å². The number of carbonyl (C=O) groups is 2. The molecule has 1 aromatic rings. The van der Waals surface area contributed by atoms with Crippen molar-refractivity contribution in [3.05, 3.63) is 16.3 Å². The van der Waals surface area contributed by atoms with Crippen molar-refractivity contribution >= 4 is 28.9 Å². The summed E-state index contributed by atoms with van der Waals surface area (Å²) in [5.74, 6) is -0.850. The lowest BCUT2D eigenvalue weighted by Gasteiger charge is -2.19. The van der Waals surface area contributed by atoms with Crippen molar-refractivity contribution in [2.45, 2.75) is 6.42 Å². The highest BCUT2D eigenvalue weighted by Gasteiger charge is 2.16. The van der Waals surface area contributed by atoms with Crippen molar-refractivity contribution in [1.29, 1.82) is 0 Å². The van der Waals surface area contributed by atoms with Gasteiger partial charge in [0.15, 0.2) is 0 Å². The van der Waals surface area contributed by atoms with Crippen molar-refractivity contribution in [2.24, 2.45) is 0 Å². The molecule has 16 heavy (non-hydrogen) atoms. The van der Waals surface area contributed by atoms with Crippen LogP contribution in [-0.2, 0) is 4.79 Å². The Morgan fingerprint density at radius 1 is 1.50 bits per heavy atom. The van der Waals surface area contributed by atoms with Crippen LogP contribution in [-0.4, -0.2) is 36.6 Å². The van der Waals surface area contributed by atoms with Crippen LogP contribution in [0.25, 0.3) is 0 Å². The minimum atomic E-state index is -0.903. The van der Waals surface area contributed by atoms with E-state index < -0.39 is 5.97 Å². The second kappa shape index (κ2) is 4.52. The molecule has 0 radical (unpaired) electrons. The number of carbonyl (C=O) groups excluding carboxylic acids is 1. The maximum atomic E-state index is 11.1. The van der Waals surface area contributed by atoms with Gasteiger partial charge in [0.1, 0.15) is 4.88 Å². The van der Waals surface area contributed by atoms with Gasteiger partial charge in [-0.2, -0.15) is 0 Å². The molecule has 0 bridgehead atoms. The van der Waals surface area contributed by atoms with Gasteiger partial charge in [-0.15, -0.1) is 11.3 Å². The Labute approximate surface area is 96.7 Å². The summed E-state index contributed by atoms with van der Waals surface area (Å²) in [7, 11) is 0. The molecule has 2 N–H and O–H groups in total. The number of anilines is 1. The average Bonchev–Trinajstić information content (AvgIpc) is 2.63. The van der Waals surface area contributed by atoms with E-state index in [2.05, 4.69) is 5.32 Å². The molecule has 1 aliphatic rings. The highest BCUT2D eigenvalue weighted by molar-refractivity contribution is 7.12. The third-order valence-electron chi connectivity index (χ3n) is 2.47. The molecule has 2 rings (SSSR count). The Kier molecular flexibility index (Phi) is 3.09. The van der Waals surface area contributed by atoms with E-state index in [-0.39, 0.29) is 5.91 Å². The predicted octanol–water partition coefficient (Wildman–Crippen LogP) is 0.773. The lowest BCUT2D eigenvalue weighted by atomic mass is 10.3. The van der Waals surface area contributed by atoms with E-state index >= 15 is 0 Å². The number of rotatable bonds is 2. The average molecular weight is 240 g/mol. The first-order chi connectivity index (χ1) is 7.66. The minimum Gasteiger partial charge on any atom is -0.477 e. The van der Waals surface area contributed by atoms with Gasteiger partial charge in [-0.3, -0.25) is 4.79 Å². The zero-order valence-corrected chi connectivity index (χ0v) is 9.42. The fourth-order valence-electron chi connectivity index (χ4n) is 1.63. The first-order valence-electron chi connectivity index (χ1n) is 5.00. The Morgan fingerprint density at radius 2 is 2.31 bits per heavy atom. The van der Waals surface area contributed by atoms with Gasteiger partial charge in [0.25, 0.3) is 0 Å². The van der Waals surface area contributed by atoms with Crippen molar-refractivity contribution in [2.75, 3.05) is 24.5 Å². The number of amides is 1. The Balaban J connectivity index is 2.10. The number of hydrogen-bond donors (Lipinski definition) is 2. The first kappa shape index (κ1) is 10.9. The van der Waals surface area contributed by atoms with Crippen molar-refractivity contribution in [3.8, 4) is 0 Å². The summed E-state index contributed by atoms with van der Waals surface area (Å²) in [5.41, 5.74) is 0.888. The van der Waals surface area contributed by atoms with Gasteiger partial charge in [-0.1, -0.05) is 0 Å². The monoisotopic (exact) mass is 240 g/mol. The van der Waals surface area contributed by atoms with Crippen LogP contribution in [0.4, 0.5) is 5.69 Å². The number of carboxylic acids is 1. The molecular weight excluding hydrogens is 228 g/mol. The second-order valence-electron chi connectivity index (χ2n) is 3.56. The smallest absolute Gasteiger partial charge is 0.345 e. The summed E-state index contributed by atoms with van der Waals surface area (Å²) in [4.78, 5) is 24.2. The Morgan fingerprint density at radius 3 is 3.00 bits per heavy atom. The summed E-state index contributed by atoms with van der Waals surface area (Å²) >= 11 is 1.21. The number of hydrogen-bond acceptors (Lipinski definition) is 4. The quantitative estimate of drug-likeness (QED) is 0.801. The lowest BCUT2D eigenvalue weighted by molar-refractivity contribution is -0.120. The SMILES string of the molecule is O=C1CCN(c2csc(C(=O)O)c2)CCN1. The summed E-state index contributed by atoms with van der Waals surface area (Å²) in [5, 5.41) is 13.4. The van der Waals surface area contributed by atoms with Gasteiger partial charge in [-0.25, -0.2) is 4.79 Å². The van der Waals surface area contributed by atoms with E-state index in [1.165, 1.54) is 11.3 Å². The molecule has 1 aromatic heterocycles. The van der Waals surface area contributed by atoms with E-state index in [0.29, 0.717) is 24.4 Å². The highest BCUT2D eigenvalue weighted by atomic mass is 32.1. The number of carboxylic acid groups (broad SMARTS) is 1. The van der Waals surface area contributed by atoms with E-state index in [1.54, 1.807) is 6.07 Å². The normalized spacial score (nSPS) is 16.8. The van der Waals surface area contributed by atoms with Crippen LogP contribution in [0.3, 0.4) is 0 Å². The molecule has 1 amide bonds. The number of thiophene rings is 1. The molecule has 0 atom stereocenters. The van der Waals surface area contributed by atoms with Gasteiger partial charge in [0, 0.05) is 37.1 Å². The summed E-state index contributed by atoms with van der Waals surface area (Å²) in [6, 6.07) is 1.66. The molecule has 0 aromatic carbocycles. The van der Waals surface area contributed by atoms with E-state index in [1.807, 2.05) is 10.3 Å². The summed E-state index contributed by atoms with van der Waals surface area (Å²) < 4.78 is 0. The van der Waals surface area contributed by atoms with Gasteiger partial charge in [0.05, 0.1) is 0 Å². The van der Waals surface area contributed by atoms with Gasteiger partial charge in [0.2, 0.25) is 5.91 Å². The standard InChI is InChI=1S/C10H12N2O3S/c13-9-1-3-12(4-2-11-9)7-5-8(10(14)15)16-6-7/h5-6H,1-4H2,(H,11,13)(H,14,15). The minimum absolute atomic E-state index is 0.0520. The van der Waals surface area contributed by atoms with E-state index in [0.717, 1.165) is 12.2 Å². The van der Waals surface area contributed by atoms with Gasteiger partial charge < -0.3 is 15.3 Å². The molecule has 0 saturated carbocycles. The lowest BCUT2D eigenvalue weighted by Crippen LogP contribution is -2.28. The topological polar surface area (TPSA) is 69.6 Å². The molecule has 0 spiro atoms. The molecule has 5 nitrogen and oxygen atoms in total. The van der Waals surface area contributed by atoms with Crippen molar-refractivity contribution < 1.29 is 14.7 Å². The molecule has 1 fully saturated rings. The first-order valence-corrected chi connectivity index (χ1v) is 5.88. The summed E-state index contributed by atoms with van der Waals surface area (Å²) in [6.07, 6.45) is 0.457. The number of nitrogens with zero attached hydrogens (tertiary/aromatic N) is 1. The predicted molar refractivity (Wildman–Crippen MR) is 61.1 cm³/mol. The van der Waals surface area contributed by atoms with Crippen LogP contribution in [0, 0.1) is 0 Å². The zero-order valence-electron chi connectivity index (χ0n) is 8.60. The molecule has 0 unspecified atom stereocenters. The Bertz CT molecular complexity index is 416. The molecule has 6 heteroatoms. The third kappa shape index (κ3) is 2.33. The largest absolute Gasteiger partial charge is 0.477 e. The van der Waals surface area contributed by atoms with Crippen LogP contribution >= 0.6 is 11.3 Å². The highest BCUT2D eigenvalue weighted by Crippen LogP contribution is 2.23. The molecule has 0 aliphatic carbocycles. The number of aromatic carboxylic acids is 1. The van der Waals surface area contributed by atoms with Crippen LogP contribution in [0.2, 0.25) is 0 Å². The van der Waals surface area contributed by atoms with Crippen LogP contribution in [0.1, 0.15) is 16.1 Å². The van der Waals surface area contributed by atoms with E-state index in [9.17, 15) is 9.59 Å². The molecule has 2 heterocycles. The second-order valence-corrected chi connectivity index (χ2v) is 4.47. The number of nitrogens with one attached hydrogen (secondary N) is 1. The van der Waals surface area contributed by atoms with Crippen molar-refractivity contribution in [3.63, 3.8) is 0 Å². The summed E-state index contributed by atoms with van der Waals surface area (Å²) in [6.45, 7) is 1.97. The van der Waals surface area contributed by atoms with Crippen LogP contribution in [0.15, 0.2) is 11.4 Å². The maximum absolute atomic E-state index is 11.1. The van der Waals surface area contributed by atoms with Gasteiger partial charge >= 0.3 is 5.97 Å². The molecule has 1 saturated heterocycles. The molecule has 86 valence electrons. The maximum Gasteiger partial charge on any atom is 0.345 e. The fraction of sp³-hybridized carbons (Fsp3) is 0.400. The van der Waals surface area contributed by atoms with Crippen LogP contribution in [0.5, 0.6) is 0 Å². The fourth-order valence-corrected chi connectivity index (χ4v) is 2.38. The Hall–Kier alpha value is -1.56. The molecular formula is C10H12N2O3S. The molecule has 1 aliphatic heterocycles. The van der Waals surface area contributed by atoms with Crippen molar-refractivity contribution in [1.82, 2.24) is 5.32 Å². The van der Waals surface area contributed by atoms with Gasteiger partial charge in [-0.05, 0) is 6.07 Å². The third-order valence-corrected chi connectivity index (χ3v) is 3.38. The zero-order chi connectivity index (χ0) is 11.5. The van der Waals surface area contributed by atoms with Crippen LogP contribution < -0.4 is 10.2 Å².